The molecule has 0 fully saturated rings. The third-order valence-electron chi connectivity index (χ3n) is 2.30. The van der Waals surface area contributed by atoms with Gasteiger partial charge in [0.15, 0.2) is 0 Å². The van der Waals surface area contributed by atoms with E-state index in [2.05, 4.69) is 9.97 Å². The van der Waals surface area contributed by atoms with Gasteiger partial charge in [-0.1, -0.05) is 18.2 Å². The van der Waals surface area contributed by atoms with Crippen molar-refractivity contribution in [3.8, 4) is 5.75 Å². The van der Waals surface area contributed by atoms with Gasteiger partial charge in [-0.25, -0.2) is 9.78 Å². The lowest BCUT2D eigenvalue weighted by atomic mass is 10.1. The number of aromatic amines is 1. The van der Waals surface area contributed by atoms with Gasteiger partial charge in [0.2, 0.25) is 5.82 Å². The molecule has 0 atom stereocenters. The molecule has 4 nitrogen and oxygen atoms in total. The zero-order valence-corrected chi connectivity index (χ0v) is 9.15. The molecule has 0 unspecified atom stereocenters. The quantitative estimate of drug-likeness (QED) is 0.618. The van der Waals surface area contributed by atoms with E-state index in [1.54, 1.807) is 6.20 Å². The summed E-state index contributed by atoms with van der Waals surface area (Å²) in [5, 5.41) is 0. The maximum atomic E-state index is 11.7. The van der Waals surface area contributed by atoms with Crippen LogP contribution in [0.4, 0.5) is 0 Å². The van der Waals surface area contributed by atoms with Gasteiger partial charge in [-0.2, -0.15) is 0 Å². The highest BCUT2D eigenvalue weighted by Gasteiger charge is 2.13. The molecule has 1 aromatic carbocycles. The van der Waals surface area contributed by atoms with Crippen molar-refractivity contribution in [2.45, 2.75) is 13.8 Å². The number of ether oxygens (including phenoxy) is 1. The number of carbonyl (C=O) groups is 1. The fourth-order valence-corrected chi connectivity index (χ4v) is 1.48. The minimum atomic E-state index is -0.470. The molecule has 0 aliphatic rings. The molecule has 0 aliphatic heterocycles. The molecule has 2 rings (SSSR count). The summed E-state index contributed by atoms with van der Waals surface area (Å²) in [7, 11) is 0. The van der Waals surface area contributed by atoms with Gasteiger partial charge in [-0.3, -0.25) is 0 Å². The summed E-state index contributed by atoms with van der Waals surface area (Å²) in [5.74, 6) is 0.342. The molecule has 0 bridgehead atoms. The second-order valence-electron chi connectivity index (χ2n) is 3.55. The molecule has 1 N–H and O–H groups in total. The Morgan fingerprint density at radius 2 is 2.00 bits per heavy atom. The number of imidazole rings is 1. The van der Waals surface area contributed by atoms with Crippen molar-refractivity contribution in [3.63, 3.8) is 0 Å². The molecule has 2 aromatic rings. The number of hydrogen-bond donors (Lipinski definition) is 1. The van der Waals surface area contributed by atoms with Crippen LogP contribution in [0.15, 0.2) is 30.6 Å². The third kappa shape index (κ3) is 1.95. The molecular weight excluding hydrogens is 204 g/mol. The fraction of sp³-hybridized carbons (Fsp3) is 0.167. The largest absolute Gasteiger partial charge is 0.420 e. The Bertz CT molecular complexity index is 483. The Labute approximate surface area is 93.3 Å². The second-order valence-corrected chi connectivity index (χ2v) is 3.55. The first-order valence-electron chi connectivity index (χ1n) is 4.96. The first-order valence-corrected chi connectivity index (χ1v) is 4.96. The topological polar surface area (TPSA) is 55.0 Å². The number of rotatable bonds is 2. The summed E-state index contributed by atoms with van der Waals surface area (Å²) in [6.45, 7) is 3.80. The van der Waals surface area contributed by atoms with Crippen LogP contribution in [-0.2, 0) is 0 Å². The van der Waals surface area contributed by atoms with Crippen molar-refractivity contribution in [3.05, 3.63) is 47.5 Å². The van der Waals surface area contributed by atoms with E-state index in [4.69, 9.17) is 4.74 Å². The average molecular weight is 216 g/mol. The monoisotopic (exact) mass is 216 g/mol. The van der Waals surface area contributed by atoms with Gasteiger partial charge in [0.1, 0.15) is 5.75 Å². The third-order valence-corrected chi connectivity index (χ3v) is 2.30. The summed E-state index contributed by atoms with van der Waals surface area (Å²) in [6.07, 6.45) is 3.10. The summed E-state index contributed by atoms with van der Waals surface area (Å²) in [4.78, 5) is 18.2. The van der Waals surface area contributed by atoms with Crippen molar-refractivity contribution in [1.82, 2.24) is 9.97 Å². The maximum Gasteiger partial charge on any atom is 0.379 e. The smallest absolute Gasteiger partial charge is 0.379 e. The van der Waals surface area contributed by atoms with Crippen LogP contribution in [0.3, 0.4) is 0 Å². The molecule has 0 spiro atoms. The van der Waals surface area contributed by atoms with E-state index in [0.717, 1.165) is 11.1 Å². The van der Waals surface area contributed by atoms with Crippen LogP contribution in [0.2, 0.25) is 0 Å². The van der Waals surface area contributed by atoms with E-state index < -0.39 is 5.97 Å². The van der Waals surface area contributed by atoms with Gasteiger partial charge in [0.05, 0.1) is 0 Å². The van der Waals surface area contributed by atoms with Gasteiger partial charge < -0.3 is 9.72 Å². The maximum absolute atomic E-state index is 11.7. The average Bonchev–Trinajstić information content (AvgIpc) is 2.76. The summed E-state index contributed by atoms with van der Waals surface area (Å²) >= 11 is 0. The first kappa shape index (κ1) is 10.4. The van der Waals surface area contributed by atoms with Crippen LogP contribution in [0.1, 0.15) is 21.7 Å². The summed E-state index contributed by atoms with van der Waals surface area (Å²) < 4.78 is 5.29. The van der Waals surface area contributed by atoms with Crippen LogP contribution in [0, 0.1) is 13.8 Å². The lowest BCUT2D eigenvalue weighted by molar-refractivity contribution is 0.0720. The number of hydrogen-bond acceptors (Lipinski definition) is 3. The number of carbonyl (C=O) groups excluding carboxylic acids is 1. The molecule has 0 aliphatic carbocycles. The predicted octanol–water partition coefficient (Wildman–Crippen LogP) is 2.25. The summed E-state index contributed by atoms with van der Waals surface area (Å²) in [6, 6.07) is 5.73. The molecule has 82 valence electrons. The zero-order chi connectivity index (χ0) is 11.5. The van der Waals surface area contributed by atoms with Crippen molar-refractivity contribution < 1.29 is 9.53 Å². The lowest BCUT2D eigenvalue weighted by Crippen LogP contribution is -2.11. The number of nitrogens with zero attached hydrogens (tertiary/aromatic N) is 1. The molecule has 4 heteroatoms. The fourth-order valence-electron chi connectivity index (χ4n) is 1.48. The Kier molecular flexibility index (Phi) is 2.72. The van der Waals surface area contributed by atoms with E-state index in [-0.39, 0.29) is 5.82 Å². The minimum Gasteiger partial charge on any atom is -0.420 e. The molecular formula is C12H12N2O2. The minimum absolute atomic E-state index is 0.211. The normalized spacial score (nSPS) is 10.1. The lowest BCUT2D eigenvalue weighted by Gasteiger charge is -2.08. The van der Waals surface area contributed by atoms with Crippen molar-refractivity contribution in [2.75, 3.05) is 0 Å². The Balaban J connectivity index is 2.25. The van der Waals surface area contributed by atoms with Crippen LogP contribution < -0.4 is 4.74 Å². The van der Waals surface area contributed by atoms with Crippen molar-refractivity contribution >= 4 is 5.97 Å². The number of aromatic nitrogens is 2. The van der Waals surface area contributed by atoms with Crippen LogP contribution in [0.5, 0.6) is 5.75 Å². The number of benzene rings is 1. The Hall–Kier alpha value is -2.10. The number of esters is 1. The number of nitrogens with one attached hydrogen (secondary N) is 1. The molecule has 0 saturated carbocycles. The van der Waals surface area contributed by atoms with Gasteiger partial charge >= 0.3 is 5.97 Å². The molecule has 0 amide bonds. The van der Waals surface area contributed by atoms with E-state index in [0.29, 0.717) is 5.75 Å². The van der Waals surface area contributed by atoms with E-state index in [9.17, 15) is 4.79 Å². The highest BCUT2D eigenvalue weighted by atomic mass is 16.5. The number of aryl methyl sites for hydroxylation is 2. The van der Waals surface area contributed by atoms with Crippen molar-refractivity contribution in [2.24, 2.45) is 0 Å². The van der Waals surface area contributed by atoms with E-state index in [1.165, 1.54) is 6.20 Å². The number of para-hydroxylation sites is 1. The highest BCUT2D eigenvalue weighted by molar-refractivity contribution is 5.87. The Morgan fingerprint density at radius 1 is 1.31 bits per heavy atom. The van der Waals surface area contributed by atoms with E-state index >= 15 is 0 Å². The van der Waals surface area contributed by atoms with Gasteiger partial charge in [-0.15, -0.1) is 0 Å². The standard InChI is InChI=1S/C12H12N2O2/c1-8-4-3-5-9(2)10(8)16-12(15)11-13-6-7-14-11/h3-7H,1-2H3,(H,13,14). The van der Waals surface area contributed by atoms with Crippen LogP contribution in [-0.4, -0.2) is 15.9 Å². The van der Waals surface area contributed by atoms with Crippen molar-refractivity contribution in [1.29, 1.82) is 0 Å². The SMILES string of the molecule is Cc1cccc(C)c1OC(=O)c1ncc[nH]1. The van der Waals surface area contributed by atoms with Crippen LogP contribution >= 0.6 is 0 Å². The molecule has 16 heavy (non-hydrogen) atoms. The second kappa shape index (κ2) is 4.18. The predicted molar refractivity (Wildman–Crippen MR) is 59.5 cm³/mol. The molecule has 1 heterocycles. The number of H-pyrrole nitrogens is 1. The molecule has 0 saturated heterocycles. The van der Waals surface area contributed by atoms with Gasteiger partial charge in [0.25, 0.3) is 0 Å². The highest BCUT2D eigenvalue weighted by Crippen LogP contribution is 2.22. The summed E-state index contributed by atoms with van der Waals surface area (Å²) in [5.41, 5.74) is 1.86. The molecule has 1 aromatic heterocycles. The molecule has 0 radical (unpaired) electrons. The zero-order valence-electron chi connectivity index (χ0n) is 9.15. The van der Waals surface area contributed by atoms with Crippen LogP contribution in [0.25, 0.3) is 0 Å². The van der Waals surface area contributed by atoms with E-state index in [1.807, 2.05) is 32.0 Å². The van der Waals surface area contributed by atoms with Gasteiger partial charge in [0, 0.05) is 12.4 Å². The Morgan fingerprint density at radius 3 is 2.56 bits per heavy atom. The first-order chi connectivity index (χ1) is 7.68. The van der Waals surface area contributed by atoms with Gasteiger partial charge in [-0.05, 0) is 25.0 Å².